The predicted octanol–water partition coefficient (Wildman–Crippen LogP) is 4.88. The molecule has 1 rings (SSSR count). The van der Waals surface area contributed by atoms with Gasteiger partial charge in [-0.25, -0.2) is 0 Å². The Morgan fingerprint density at radius 1 is 1.07 bits per heavy atom. The first kappa shape index (κ1) is 23.2. The van der Waals surface area contributed by atoms with Crippen LogP contribution in [0.2, 0.25) is 0 Å². The van der Waals surface area contributed by atoms with Crippen LogP contribution in [0.4, 0.5) is 5.69 Å². The van der Waals surface area contributed by atoms with E-state index in [0.717, 1.165) is 37.2 Å². The van der Waals surface area contributed by atoms with Gasteiger partial charge in [-0.3, -0.25) is 5.01 Å². The van der Waals surface area contributed by atoms with Gasteiger partial charge in [0.05, 0.1) is 6.04 Å². The van der Waals surface area contributed by atoms with Gasteiger partial charge in [-0.05, 0) is 64.4 Å². The summed E-state index contributed by atoms with van der Waals surface area (Å²) in [7, 11) is 6.19. The normalized spacial score (nSPS) is 14.0. The second-order valence-corrected chi connectivity index (χ2v) is 8.15. The molecule has 152 valence electrons. The van der Waals surface area contributed by atoms with E-state index in [0.29, 0.717) is 5.92 Å². The van der Waals surface area contributed by atoms with E-state index in [1.165, 1.54) is 5.56 Å². The first-order valence-electron chi connectivity index (χ1n) is 9.96. The number of nitrogens with zero attached hydrogens (tertiary/aromatic N) is 4. The molecule has 0 heterocycles. The maximum absolute atomic E-state index is 4.37. The minimum Gasteiger partial charge on any atom is -0.379 e. The van der Waals surface area contributed by atoms with Gasteiger partial charge in [-0.15, -0.1) is 0 Å². The average molecular weight is 374 g/mol. The molecular weight excluding hydrogens is 334 g/mol. The van der Waals surface area contributed by atoms with Crippen molar-refractivity contribution in [1.82, 2.24) is 9.91 Å². The van der Waals surface area contributed by atoms with Crippen molar-refractivity contribution in [3.63, 3.8) is 0 Å². The fourth-order valence-electron chi connectivity index (χ4n) is 2.43. The highest BCUT2D eigenvalue weighted by Crippen LogP contribution is 2.16. The number of hydrogen-bond acceptors (Lipinski definition) is 4. The van der Waals surface area contributed by atoms with Crippen LogP contribution < -0.4 is 5.32 Å². The number of nitrogens with one attached hydrogen (secondary N) is 1. The van der Waals surface area contributed by atoms with E-state index in [9.17, 15) is 0 Å². The van der Waals surface area contributed by atoms with Crippen molar-refractivity contribution in [2.75, 3.05) is 39.5 Å². The summed E-state index contributed by atoms with van der Waals surface area (Å²) in [6, 6.07) is 9.19. The van der Waals surface area contributed by atoms with Crippen LogP contribution in [0.1, 0.15) is 39.7 Å². The summed E-state index contributed by atoms with van der Waals surface area (Å²) in [5.74, 6) is 0.507. The lowest BCUT2D eigenvalue weighted by molar-refractivity contribution is 0.304. The van der Waals surface area contributed by atoms with E-state index in [1.807, 2.05) is 12.1 Å². The number of rotatable bonds is 12. The fraction of sp³-hybridized carbons (Fsp3) is 0.636. The molecule has 0 spiro atoms. The Balaban J connectivity index is 2.55. The summed E-state index contributed by atoms with van der Waals surface area (Å²) in [6.07, 6.45) is 2.01. The third-order valence-corrected chi connectivity index (χ3v) is 4.83. The molecule has 0 aliphatic heterocycles. The molecule has 1 aromatic rings. The van der Waals surface area contributed by atoms with E-state index >= 15 is 0 Å². The van der Waals surface area contributed by atoms with Gasteiger partial charge in [0.25, 0.3) is 0 Å². The van der Waals surface area contributed by atoms with Gasteiger partial charge < -0.3 is 10.2 Å². The van der Waals surface area contributed by atoms with Gasteiger partial charge >= 0.3 is 0 Å². The Morgan fingerprint density at radius 2 is 1.70 bits per heavy atom. The van der Waals surface area contributed by atoms with E-state index in [2.05, 4.69) is 93.2 Å². The van der Waals surface area contributed by atoms with Crippen molar-refractivity contribution in [2.45, 2.75) is 52.6 Å². The zero-order chi connectivity index (χ0) is 20.4. The van der Waals surface area contributed by atoms with Gasteiger partial charge in [0, 0.05) is 31.9 Å². The molecule has 0 saturated heterocycles. The maximum Gasteiger partial charge on any atom is 0.0724 e. The second-order valence-electron chi connectivity index (χ2n) is 8.15. The molecule has 27 heavy (non-hydrogen) atoms. The molecule has 0 aromatic heterocycles. The molecule has 0 radical (unpaired) electrons. The highest BCUT2D eigenvalue weighted by Gasteiger charge is 2.11. The Hall–Kier alpha value is -1.88. The smallest absolute Gasteiger partial charge is 0.0724 e. The molecule has 0 bridgehead atoms. The Labute approximate surface area is 166 Å². The van der Waals surface area contributed by atoms with Gasteiger partial charge in [-0.2, -0.15) is 5.11 Å². The Kier molecular flexibility index (Phi) is 10.1. The first-order valence-corrected chi connectivity index (χ1v) is 9.96. The highest BCUT2D eigenvalue weighted by atomic mass is 15.5. The van der Waals surface area contributed by atoms with E-state index in [4.69, 9.17) is 0 Å². The molecular formula is C22H39N5. The molecule has 0 fully saturated rings. The monoisotopic (exact) mass is 373 g/mol. The van der Waals surface area contributed by atoms with Crippen molar-refractivity contribution in [2.24, 2.45) is 16.3 Å². The number of benzene rings is 1. The zero-order valence-electron chi connectivity index (χ0n) is 18.4. The van der Waals surface area contributed by atoms with Gasteiger partial charge in [0.2, 0.25) is 0 Å². The summed E-state index contributed by atoms with van der Waals surface area (Å²) >= 11 is 0. The maximum atomic E-state index is 4.37. The van der Waals surface area contributed by atoms with Crippen LogP contribution in [0, 0.1) is 5.92 Å². The lowest BCUT2D eigenvalue weighted by Crippen LogP contribution is -2.26. The minimum absolute atomic E-state index is 0.220. The van der Waals surface area contributed by atoms with Crippen molar-refractivity contribution < 1.29 is 0 Å². The largest absolute Gasteiger partial charge is 0.379 e. The SMILES string of the molecule is C=C(C)C(CCN(C)N=N[C@@H](C)C(C)C)Nc1ccc(CCN(C)C)cc1. The van der Waals surface area contributed by atoms with Crippen molar-refractivity contribution >= 4 is 5.69 Å². The number of anilines is 1. The van der Waals surface area contributed by atoms with Gasteiger partial charge in [-0.1, -0.05) is 43.4 Å². The Morgan fingerprint density at radius 3 is 2.22 bits per heavy atom. The lowest BCUT2D eigenvalue weighted by atomic mass is 10.1. The van der Waals surface area contributed by atoms with Crippen molar-refractivity contribution in [3.05, 3.63) is 42.0 Å². The van der Waals surface area contributed by atoms with Gasteiger partial charge in [0.1, 0.15) is 0 Å². The average Bonchev–Trinajstić information content (AvgIpc) is 2.61. The van der Waals surface area contributed by atoms with Crippen LogP contribution >= 0.6 is 0 Å². The third-order valence-electron chi connectivity index (χ3n) is 4.83. The van der Waals surface area contributed by atoms with Crippen LogP contribution in [0.25, 0.3) is 0 Å². The minimum atomic E-state index is 0.220. The lowest BCUT2D eigenvalue weighted by Gasteiger charge is -2.22. The molecule has 0 aliphatic carbocycles. The molecule has 1 aromatic carbocycles. The molecule has 0 aliphatic rings. The highest BCUT2D eigenvalue weighted by molar-refractivity contribution is 5.47. The summed E-state index contributed by atoms with van der Waals surface area (Å²) < 4.78 is 0. The summed E-state index contributed by atoms with van der Waals surface area (Å²) in [5, 5.41) is 14.2. The summed E-state index contributed by atoms with van der Waals surface area (Å²) in [4.78, 5) is 2.21. The van der Waals surface area contributed by atoms with Gasteiger partial charge in [0.15, 0.2) is 0 Å². The van der Waals surface area contributed by atoms with E-state index in [-0.39, 0.29) is 12.1 Å². The predicted molar refractivity (Wildman–Crippen MR) is 117 cm³/mol. The quantitative estimate of drug-likeness (QED) is 0.322. The summed E-state index contributed by atoms with van der Waals surface area (Å²) in [5.41, 5.74) is 3.63. The number of likely N-dealkylation sites (N-methyl/N-ethyl adjacent to an activating group) is 1. The molecule has 5 nitrogen and oxygen atoms in total. The number of hydrogen-bond donors (Lipinski definition) is 1. The van der Waals surface area contributed by atoms with Crippen molar-refractivity contribution in [1.29, 1.82) is 0 Å². The van der Waals surface area contributed by atoms with Crippen LogP contribution in [-0.4, -0.2) is 56.2 Å². The molecule has 1 unspecified atom stereocenters. The fourth-order valence-corrected chi connectivity index (χ4v) is 2.43. The zero-order valence-corrected chi connectivity index (χ0v) is 18.4. The standard InChI is InChI=1S/C22H39N5/c1-17(2)19(5)24-25-27(8)16-14-22(18(3)4)23-21-11-9-20(10-12-21)13-15-26(6)7/h9-12,17,19,22-23H,3,13-16H2,1-2,4-8H3/t19-,22?/m0/s1. The molecule has 2 atom stereocenters. The second kappa shape index (κ2) is 11.8. The topological polar surface area (TPSA) is 43.2 Å². The molecule has 1 N–H and O–H groups in total. The molecule has 5 heteroatoms. The van der Waals surface area contributed by atoms with Crippen LogP contribution in [-0.2, 0) is 6.42 Å². The van der Waals surface area contributed by atoms with Crippen LogP contribution in [0.3, 0.4) is 0 Å². The van der Waals surface area contributed by atoms with E-state index < -0.39 is 0 Å². The van der Waals surface area contributed by atoms with E-state index in [1.54, 1.807) is 0 Å². The summed E-state index contributed by atoms with van der Waals surface area (Å²) in [6.45, 7) is 14.6. The molecule has 0 amide bonds. The Bertz CT molecular complexity index is 577. The third kappa shape index (κ3) is 9.57. The van der Waals surface area contributed by atoms with Crippen molar-refractivity contribution in [3.8, 4) is 0 Å². The first-order chi connectivity index (χ1) is 12.7. The molecule has 0 saturated carbocycles. The van der Waals surface area contributed by atoms with Crippen LogP contribution in [0.15, 0.2) is 46.8 Å². The van der Waals surface area contributed by atoms with Crippen LogP contribution in [0.5, 0.6) is 0 Å².